The number of hydrogen-bond donors (Lipinski definition) is 2. The van der Waals surface area contributed by atoms with Crippen LogP contribution in [0.15, 0.2) is 0 Å². The summed E-state index contributed by atoms with van der Waals surface area (Å²) in [6, 6.07) is 0. The molecule has 0 aromatic rings. The summed E-state index contributed by atoms with van der Waals surface area (Å²) in [5, 5.41) is 18.2. The molecule has 0 aromatic heterocycles. The van der Waals surface area contributed by atoms with E-state index in [1.807, 2.05) is 13.8 Å². The molecule has 0 radical (unpaired) electrons. The van der Waals surface area contributed by atoms with Crippen molar-refractivity contribution in [2.45, 2.75) is 45.8 Å². The third-order valence-electron chi connectivity index (χ3n) is 1.88. The van der Waals surface area contributed by atoms with Crippen molar-refractivity contribution in [3.8, 4) is 0 Å². The molecule has 2 N–H and O–H groups in total. The molecule has 62 valence electrons. The van der Waals surface area contributed by atoms with Gasteiger partial charge >= 0.3 is 0 Å². The topological polar surface area (TPSA) is 40.5 Å². The van der Waals surface area contributed by atoms with Gasteiger partial charge in [0.2, 0.25) is 0 Å². The number of rotatable bonds is 4. The molecule has 0 fully saturated rings. The van der Waals surface area contributed by atoms with E-state index in [9.17, 15) is 5.11 Å². The fourth-order valence-corrected chi connectivity index (χ4v) is 0.854. The molecule has 2 heteroatoms. The second kappa shape index (κ2) is 4.69. The van der Waals surface area contributed by atoms with Crippen LogP contribution in [0.4, 0.5) is 0 Å². The van der Waals surface area contributed by atoms with Crippen LogP contribution in [0.5, 0.6) is 0 Å². The summed E-state index contributed by atoms with van der Waals surface area (Å²) in [4.78, 5) is 0. The molecule has 2 nitrogen and oxygen atoms in total. The van der Waals surface area contributed by atoms with E-state index in [2.05, 4.69) is 0 Å². The lowest BCUT2D eigenvalue weighted by atomic mass is 9.97. The Morgan fingerprint density at radius 3 is 2.00 bits per heavy atom. The van der Waals surface area contributed by atoms with Gasteiger partial charge in [-0.15, -0.1) is 0 Å². The van der Waals surface area contributed by atoms with Crippen LogP contribution in [0, 0.1) is 5.92 Å². The van der Waals surface area contributed by atoms with Crippen LogP contribution in [0.25, 0.3) is 0 Å². The molecule has 0 aliphatic rings. The normalized spacial score (nSPS) is 20.1. The van der Waals surface area contributed by atoms with E-state index < -0.39 is 0 Å². The van der Waals surface area contributed by atoms with Gasteiger partial charge in [0.05, 0.1) is 12.2 Å². The Morgan fingerprint density at radius 1 is 1.20 bits per heavy atom. The van der Waals surface area contributed by atoms with Crippen LogP contribution in [-0.4, -0.2) is 22.4 Å². The molecular formula is C8H18O2. The Bertz CT molecular complexity index is 81.3. The standard InChI is InChI=1S/C8H18O2/c1-4-6(2)8(10)5-7(3)9/h6-10H,4-5H2,1-3H3/t6?,7-,8-/m0/s1. The zero-order valence-corrected chi connectivity index (χ0v) is 7.04. The van der Waals surface area contributed by atoms with E-state index in [0.29, 0.717) is 12.3 Å². The zero-order chi connectivity index (χ0) is 8.15. The molecule has 0 saturated heterocycles. The van der Waals surface area contributed by atoms with E-state index in [1.165, 1.54) is 0 Å². The van der Waals surface area contributed by atoms with Crippen LogP contribution in [-0.2, 0) is 0 Å². The van der Waals surface area contributed by atoms with Gasteiger partial charge in [-0.25, -0.2) is 0 Å². The monoisotopic (exact) mass is 146 g/mol. The zero-order valence-electron chi connectivity index (χ0n) is 7.04. The minimum Gasteiger partial charge on any atom is -0.393 e. The molecule has 0 heterocycles. The lowest BCUT2D eigenvalue weighted by molar-refractivity contribution is 0.0547. The highest BCUT2D eigenvalue weighted by Gasteiger charge is 2.13. The SMILES string of the molecule is CCC(C)[C@@H](O)C[C@H](C)O. The van der Waals surface area contributed by atoms with Gasteiger partial charge in [-0.2, -0.15) is 0 Å². The molecule has 0 aromatic carbocycles. The molecule has 0 saturated carbocycles. The summed E-state index contributed by atoms with van der Waals surface area (Å²) in [6.07, 6.45) is 0.733. The van der Waals surface area contributed by atoms with Crippen molar-refractivity contribution in [2.24, 2.45) is 5.92 Å². The minimum atomic E-state index is -0.385. The first-order valence-corrected chi connectivity index (χ1v) is 3.94. The lowest BCUT2D eigenvalue weighted by Crippen LogP contribution is -2.21. The van der Waals surface area contributed by atoms with Gasteiger partial charge in [-0.1, -0.05) is 20.3 Å². The molecule has 1 unspecified atom stereocenters. The van der Waals surface area contributed by atoms with Gasteiger partial charge in [0, 0.05) is 0 Å². The lowest BCUT2D eigenvalue weighted by Gasteiger charge is -2.17. The van der Waals surface area contributed by atoms with E-state index in [0.717, 1.165) is 6.42 Å². The average Bonchev–Trinajstić information content (AvgIpc) is 1.85. The third-order valence-corrected chi connectivity index (χ3v) is 1.88. The van der Waals surface area contributed by atoms with Gasteiger partial charge in [-0.3, -0.25) is 0 Å². The maximum atomic E-state index is 9.33. The highest BCUT2D eigenvalue weighted by molar-refractivity contribution is 4.65. The van der Waals surface area contributed by atoms with Crippen molar-refractivity contribution < 1.29 is 10.2 Å². The molecule has 0 rings (SSSR count). The quantitative estimate of drug-likeness (QED) is 0.625. The second-order valence-corrected chi connectivity index (χ2v) is 3.04. The molecule has 10 heavy (non-hydrogen) atoms. The Labute approximate surface area is 62.9 Å². The second-order valence-electron chi connectivity index (χ2n) is 3.04. The summed E-state index contributed by atoms with van der Waals surface area (Å²) >= 11 is 0. The Balaban J connectivity index is 3.50. The molecule has 3 atom stereocenters. The maximum absolute atomic E-state index is 9.33. The highest BCUT2D eigenvalue weighted by atomic mass is 16.3. The van der Waals surface area contributed by atoms with E-state index in [-0.39, 0.29) is 12.2 Å². The van der Waals surface area contributed by atoms with Crippen LogP contribution >= 0.6 is 0 Å². The predicted molar refractivity (Wildman–Crippen MR) is 41.8 cm³/mol. The maximum Gasteiger partial charge on any atom is 0.0590 e. The Hall–Kier alpha value is -0.0800. The number of aliphatic hydroxyl groups excluding tert-OH is 2. The summed E-state index contributed by atoms with van der Waals surface area (Å²) in [5.41, 5.74) is 0. The smallest absolute Gasteiger partial charge is 0.0590 e. The molecule has 0 amide bonds. The first kappa shape index (κ1) is 9.92. The molecule has 0 bridgehead atoms. The third kappa shape index (κ3) is 3.85. The van der Waals surface area contributed by atoms with Gasteiger partial charge in [0.15, 0.2) is 0 Å². The van der Waals surface area contributed by atoms with E-state index in [1.54, 1.807) is 6.92 Å². The fraction of sp³-hybridized carbons (Fsp3) is 1.00. The number of aliphatic hydroxyl groups is 2. The van der Waals surface area contributed by atoms with Crippen LogP contribution in [0.1, 0.15) is 33.6 Å². The molecule has 0 aliphatic carbocycles. The Kier molecular flexibility index (Phi) is 4.65. The van der Waals surface area contributed by atoms with E-state index in [4.69, 9.17) is 5.11 Å². The van der Waals surface area contributed by atoms with Gasteiger partial charge in [0.25, 0.3) is 0 Å². The molecule has 0 aliphatic heterocycles. The van der Waals surface area contributed by atoms with Gasteiger partial charge in [0.1, 0.15) is 0 Å². The van der Waals surface area contributed by atoms with Crippen molar-refractivity contribution in [2.75, 3.05) is 0 Å². The summed E-state index contributed by atoms with van der Waals surface area (Å²) in [7, 11) is 0. The van der Waals surface area contributed by atoms with Crippen LogP contribution in [0.3, 0.4) is 0 Å². The summed E-state index contributed by atoms with van der Waals surface area (Å²) < 4.78 is 0. The van der Waals surface area contributed by atoms with Crippen LogP contribution in [0.2, 0.25) is 0 Å². The summed E-state index contributed by atoms with van der Waals surface area (Å²) in [6.45, 7) is 5.73. The van der Waals surface area contributed by atoms with Crippen molar-refractivity contribution in [3.63, 3.8) is 0 Å². The molecular weight excluding hydrogens is 128 g/mol. The van der Waals surface area contributed by atoms with Gasteiger partial charge < -0.3 is 10.2 Å². The fourth-order valence-electron chi connectivity index (χ4n) is 0.854. The summed E-state index contributed by atoms with van der Waals surface area (Å²) in [5.74, 6) is 0.301. The van der Waals surface area contributed by atoms with Crippen LogP contribution < -0.4 is 0 Å². The van der Waals surface area contributed by atoms with Crippen molar-refractivity contribution in [1.29, 1.82) is 0 Å². The van der Waals surface area contributed by atoms with Gasteiger partial charge in [-0.05, 0) is 19.3 Å². The first-order valence-electron chi connectivity index (χ1n) is 3.94. The van der Waals surface area contributed by atoms with Crippen molar-refractivity contribution >= 4 is 0 Å². The Morgan fingerprint density at radius 2 is 1.70 bits per heavy atom. The molecule has 0 spiro atoms. The largest absolute Gasteiger partial charge is 0.393 e. The first-order chi connectivity index (χ1) is 4.57. The van der Waals surface area contributed by atoms with E-state index >= 15 is 0 Å². The van der Waals surface area contributed by atoms with Crippen molar-refractivity contribution in [1.82, 2.24) is 0 Å². The number of hydrogen-bond acceptors (Lipinski definition) is 2. The highest BCUT2D eigenvalue weighted by Crippen LogP contribution is 2.11. The minimum absolute atomic E-state index is 0.301. The predicted octanol–water partition coefficient (Wildman–Crippen LogP) is 1.16. The van der Waals surface area contributed by atoms with Crippen molar-refractivity contribution in [3.05, 3.63) is 0 Å². The average molecular weight is 146 g/mol.